The predicted molar refractivity (Wildman–Crippen MR) is 103 cm³/mol. The zero-order chi connectivity index (χ0) is 18.8. The van der Waals surface area contributed by atoms with Gasteiger partial charge in [0.2, 0.25) is 0 Å². The van der Waals surface area contributed by atoms with E-state index in [-0.39, 0.29) is 17.8 Å². The first-order chi connectivity index (χ1) is 13.1. The van der Waals surface area contributed by atoms with Crippen molar-refractivity contribution in [2.45, 2.75) is 38.8 Å². The topological polar surface area (TPSA) is 59.0 Å². The van der Waals surface area contributed by atoms with E-state index in [4.69, 9.17) is 9.47 Å². The lowest BCUT2D eigenvalue weighted by molar-refractivity contribution is -0.147. The molecule has 2 aromatic carbocycles. The number of phenolic OH excluding ortho intramolecular Hbond substituents is 1. The lowest BCUT2D eigenvalue weighted by Crippen LogP contribution is -2.42. The van der Waals surface area contributed by atoms with E-state index in [1.54, 1.807) is 11.0 Å². The average Bonchev–Trinajstić information content (AvgIpc) is 2.91. The van der Waals surface area contributed by atoms with Gasteiger partial charge in [-0.15, -0.1) is 0 Å². The quantitative estimate of drug-likeness (QED) is 0.880. The normalized spacial score (nSPS) is 19.7. The van der Waals surface area contributed by atoms with Crippen LogP contribution in [0.15, 0.2) is 36.4 Å². The summed E-state index contributed by atoms with van der Waals surface area (Å²) in [6, 6.07) is 11.8. The number of hydrogen-bond donors (Lipinski definition) is 1. The molecule has 0 radical (unpaired) electrons. The van der Waals surface area contributed by atoms with Gasteiger partial charge in [0.05, 0.1) is 6.54 Å². The van der Waals surface area contributed by atoms with Crippen LogP contribution in [0.1, 0.15) is 30.4 Å². The van der Waals surface area contributed by atoms with Crippen molar-refractivity contribution in [3.63, 3.8) is 0 Å². The summed E-state index contributed by atoms with van der Waals surface area (Å²) in [5.41, 5.74) is 3.95. The van der Waals surface area contributed by atoms with Gasteiger partial charge in [-0.3, -0.25) is 4.79 Å². The van der Waals surface area contributed by atoms with Crippen LogP contribution >= 0.6 is 0 Å². The van der Waals surface area contributed by atoms with E-state index in [2.05, 4.69) is 0 Å². The van der Waals surface area contributed by atoms with E-state index in [0.717, 1.165) is 41.5 Å². The number of carbonyl (C=O) groups excluding carboxylic acids is 1. The molecule has 2 aliphatic heterocycles. The summed E-state index contributed by atoms with van der Waals surface area (Å²) in [6.07, 6.45) is 2.46. The Morgan fingerprint density at radius 2 is 2.04 bits per heavy atom. The summed E-state index contributed by atoms with van der Waals surface area (Å²) in [7, 11) is 0. The molecule has 1 saturated heterocycles. The van der Waals surface area contributed by atoms with E-state index in [0.29, 0.717) is 32.1 Å². The number of aryl methyl sites for hydroxylation is 1. The van der Waals surface area contributed by atoms with Gasteiger partial charge < -0.3 is 19.5 Å². The largest absolute Gasteiger partial charge is 0.504 e. The Bertz CT molecular complexity index is 842. The Morgan fingerprint density at radius 3 is 2.81 bits per heavy atom. The van der Waals surface area contributed by atoms with Gasteiger partial charge in [-0.2, -0.15) is 0 Å². The van der Waals surface area contributed by atoms with Crippen LogP contribution in [0.5, 0.6) is 11.5 Å². The molecule has 142 valence electrons. The number of fused-ring (bicyclic) bond motifs is 1. The van der Waals surface area contributed by atoms with E-state index in [1.807, 2.05) is 37.3 Å². The van der Waals surface area contributed by atoms with Gasteiger partial charge in [0, 0.05) is 18.7 Å². The highest BCUT2D eigenvalue weighted by atomic mass is 16.5. The number of nitrogens with zero attached hydrogens (tertiary/aromatic N) is 1. The van der Waals surface area contributed by atoms with Gasteiger partial charge in [0.15, 0.2) is 11.5 Å². The maximum Gasteiger partial charge on any atom is 0.252 e. The molecule has 0 saturated carbocycles. The second-order valence-corrected chi connectivity index (χ2v) is 7.26. The molecule has 5 heteroatoms. The summed E-state index contributed by atoms with van der Waals surface area (Å²) in [4.78, 5) is 14.7. The Hall–Kier alpha value is -2.53. The number of carbonyl (C=O) groups is 1. The average molecular weight is 367 g/mol. The minimum Gasteiger partial charge on any atom is -0.504 e. The maximum atomic E-state index is 12.9. The Labute approximate surface area is 159 Å². The molecule has 1 atom stereocenters. The van der Waals surface area contributed by atoms with E-state index >= 15 is 0 Å². The summed E-state index contributed by atoms with van der Waals surface area (Å²) in [5.74, 6) is 0.619. The Balaban J connectivity index is 1.65. The molecule has 5 nitrogen and oxygen atoms in total. The Morgan fingerprint density at radius 1 is 1.19 bits per heavy atom. The number of rotatable bonds is 2. The van der Waals surface area contributed by atoms with Gasteiger partial charge in [-0.05, 0) is 55.0 Å². The molecule has 2 heterocycles. The van der Waals surface area contributed by atoms with E-state index < -0.39 is 0 Å². The first kappa shape index (κ1) is 17.9. The smallest absolute Gasteiger partial charge is 0.252 e. The van der Waals surface area contributed by atoms with Crippen LogP contribution in [-0.2, 0) is 16.1 Å². The third-order valence-corrected chi connectivity index (χ3v) is 5.34. The molecule has 0 aromatic heterocycles. The van der Waals surface area contributed by atoms with Crippen molar-refractivity contribution in [1.82, 2.24) is 4.90 Å². The van der Waals surface area contributed by atoms with E-state index in [9.17, 15) is 9.90 Å². The molecule has 0 spiro atoms. The number of phenols is 1. The van der Waals surface area contributed by atoms with Crippen LogP contribution < -0.4 is 4.74 Å². The maximum absolute atomic E-state index is 12.9. The highest BCUT2D eigenvalue weighted by Crippen LogP contribution is 2.38. The number of ether oxygens (including phenoxy) is 2. The summed E-state index contributed by atoms with van der Waals surface area (Å²) < 4.78 is 11.5. The minimum atomic E-state index is -0.353. The monoisotopic (exact) mass is 367 g/mol. The minimum absolute atomic E-state index is 0.0203. The second kappa shape index (κ2) is 7.61. The van der Waals surface area contributed by atoms with Crippen LogP contribution in [0.4, 0.5) is 0 Å². The third kappa shape index (κ3) is 3.65. The molecular formula is C22H25NO4. The molecule has 0 bridgehead atoms. The molecular weight excluding hydrogens is 342 g/mol. The van der Waals surface area contributed by atoms with Crippen molar-refractivity contribution >= 4 is 5.91 Å². The van der Waals surface area contributed by atoms with Crippen molar-refractivity contribution < 1.29 is 19.4 Å². The van der Waals surface area contributed by atoms with Crippen LogP contribution in [-0.4, -0.2) is 41.8 Å². The molecule has 1 fully saturated rings. The highest BCUT2D eigenvalue weighted by molar-refractivity contribution is 5.81. The lowest BCUT2D eigenvalue weighted by Gasteiger charge is -2.28. The van der Waals surface area contributed by atoms with Gasteiger partial charge >= 0.3 is 0 Å². The molecule has 1 amide bonds. The molecule has 27 heavy (non-hydrogen) atoms. The zero-order valence-corrected chi connectivity index (χ0v) is 15.6. The van der Waals surface area contributed by atoms with Crippen LogP contribution in [0.25, 0.3) is 11.1 Å². The number of hydrogen-bond acceptors (Lipinski definition) is 4. The fraction of sp³-hybridized carbons (Fsp3) is 0.409. The van der Waals surface area contributed by atoms with Crippen LogP contribution in [0, 0.1) is 6.92 Å². The Kier molecular flexibility index (Phi) is 5.03. The first-order valence-corrected chi connectivity index (χ1v) is 9.58. The molecule has 4 rings (SSSR count). The van der Waals surface area contributed by atoms with Gasteiger partial charge in [-0.1, -0.05) is 24.3 Å². The zero-order valence-electron chi connectivity index (χ0n) is 15.6. The third-order valence-electron chi connectivity index (χ3n) is 5.34. The van der Waals surface area contributed by atoms with Crippen molar-refractivity contribution in [2.24, 2.45) is 0 Å². The highest BCUT2D eigenvalue weighted by Gasteiger charge is 2.29. The van der Waals surface area contributed by atoms with Gasteiger partial charge in [0.25, 0.3) is 5.91 Å². The van der Waals surface area contributed by atoms with Crippen LogP contribution in [0.2, 0.25) is 0 Å². The lowest BCUT2D eigenvalue weighted by atomic mass is 9.97. The number of benzene rings is 2. The predicted octanol–water partition coefficient (Wildman–Crippen LogP) is 3.66. The summed E-state index contributed by atoms with van der Waals surface area (Å²) >= 11 is 0. The standard InChI is InChI=1S/C22H25NO4/c1-15-6-2-3-7-18(15)16-12-17-14-23(9-11-27-21(17)19(24)13-16)22(25)20-8-4-5-10-26-20/h2-3,6-7,12-13,20,24H,4-5,8-11,14H2,1H3. The molecule has 0 aliphatic carbocycles. The molecule has 1 unspecified atom stereocenters. The second-order valence-electron chi connectivity index (χ2n) is 7.26. The number of aromatic hydroxyl groups is 1. The van der Waals surface area contributed by atoms with Gasteiger partial charge in [0.1, 0.15) is 12.7 Å². The fourth-order valence-electron chi connectivity index (χ4n) is 3.88. The van der Waals surface area contributed by atoms with Gasteiger partial charge in [-0.25, -0.2) is 0 Å². The van der Waals surface area contributed by atoms with Crippen molar-refractivity contribution in [3.8, 4) is 22.6 Å². The molecule has 2 aliphatic rings. The fourth-order valence-corrected chi connectivity index (χ4v) is 3.88. The first-order valence-electron chi connectivity index (χ1n) is 9.58. The van der Waals surface area contributed by atoms with Crippen molar-refractivity contribution in [1.29, 1.82) is 0 Å². The van der Waals surface area contributed by atoms with Crippen LogP contribution in [0.3, 0.4) is 0 Å². The molecule has 1 N–H and O–H groups in total. The van der Waals surface area contributed by atoms with Crippen molar-refractivity contribution in [3.05, 3.63) is 47.5 Å². The number of amides is 1. The summed E-state index contributed by atoms with van der Waals surface area (Å²) in [6.45, 7) is 3.97. The SMILES string of the molecule is Cc1ccccc1-c1cc(O)c2c(c1)CN(C(=O)C1CCCCO1)CCO2. The van der Waals surface area contributed by atoms with E-state index in [1.165, 1.54) is 0 Å². The summed E-state index contributed by atoms with van der Waals surface area (Å²) in [5, 5.41) is 10.5. The molecule has 2 aromatic rings. The van der Waals surface area contributed by atoms with Crippen molar-refractivity contribution in [2.75, 3.05) is 19.8 Å².